The lowest BCUT2D eigenvalue weighted by Gasteiger charge is -2.13. The number of nitrogens with zero attached hydrogens (tertiary/aromatic N) is 2. The van der Waals surface area contributed by atoms with Crippen LogP contribution in [0.25, 0.3) is 17.4 Å². The first-order chi connectivity index (χ1) is 14.4. The number of rotatable bonds is 5. The molecule has 9 heteroatoms. The van der Waals surface area contributed by atoms with Crippen LogP contribution >= 0.6 is 35.6 Å². The van der Waals surface area contributed by atoms with E-state index in [1.165, 1.54) is 28.8 Å². The number of amides is 1. The summed E-state index contributed by atoms with van der Waals surface area (Å²) in [5.41, 5.74) is 1.54. The van der Waals surface area contributed by atoms with E-state index < -0.39 is 5.97 Å². The maximum atomic E-state index is 12.8. The van der Waals surface area contributed by atoms with Gasteiger partial charge in [0.2, 0.25) is 0 Å². The van der Waals surface area contributed by atoms with E-state index in [1.807, 2.05) is 12.1 Å². The van der Waals surface area contributed by atoms with E-state index in [0.29, 0.717) is 32.9 Å². The average molecular weight is 457 g/mol. The summed E-state index contributed by atoms with van der Waals surface area (Å²) in [4.78, 5) is 29.9. The highest BCUT2D eigenvalue weighted by molar-refractivity contribution is 8.26. The van der Waals surface area contributed by atoms with Crippen LogP contribution in [0.1, 0.15) is 21.7 Å². The van der Waals surface area contributed by atoms with E-state index in [1.54, 1.807) is 36.7 Å². The first-order valence-electron chi connectivity index (χ1n) is 8.69. The highest BCUT2D eigenvalue weighted by atomic mass is 35.5. The quantitative estimate of drug-likeness (QED) is 0.422. The van der Waals surface area contributed by atoms with E-state index in [4.69, 9.17) is 33.3 Å². The third kappa shape index (κ3) is 4.16. The van der Waals surface area contributed by atoms with Crippen LogP contribution in [0, 0.1) is 0 Å². The van der Waals surface area contributed by atoms with Crippen LogP contribution in [-0.4, -0.2) is 31.2 Å². The number of carbonyl (C=O) groups is 2. The maximum absolute atomic E-state index is 12.8. The largest absolute Gasteiger partial charge is 0.478 e. The van der Waals surface area contributed by atoms with E-state index in [9.17, 15) is 9.59 Å². The van der Waals surface area contributed by atoms with Gasteiger partial charge in [-0.15, -0.1) is 0 Å². The topological polar surface area (TPSA) is 83.6 Å². The predicted octanol–water partition coefficient (Wildman–Crippen LogP) is 5.09. The number of thioether (sulfide) groups is 1. The minimum absolute atomic E-state index is 0.0180. The Labute approximate surface area is 186 Å². The molecule has 4 rings (SSSR count). The molecular formula is C21H13ClN2O4S2. The summed E-state index contributed by atoms with van der Waals surface area (Å²) in [5.74, 6) is -0.308. The lowest BCUT2D eigenvalue weighted by molar-refractivity contribution is -0.122. The van der Waals surface area contributed by atoms with Gasteiger partial charge in [-0.25, -0.2) is 4.79 Å². The van der Waals surface area contributed by atoms with Crippen molar-refractivity contribution in [2.24, 2.45) is 0 Å². The van der Waals surface area contributed by atoms with Crippen molar-refractivity contribution >= 4 is 57.9 Å². The molecule has 3 aromatic rings. The van der Waals surface area contributed by atoms with E-state index in [0.717, 1.165) is 5.56 Å². The van der Waals surface area contributed by atoms with E-state index in [-0.39, 0.29) is 16.5 Å². The summed E-state index contributed by atoms with van der Waals surface area (Å²) in [6, 6.07) is 11.7. The van der Waals surface area contributed by atoms with Gasteiger partial charge in [-0.1, -0.05) is 47.7 Å². The number of thiocarbonyl (C=S) groups is 1. The molecule has 0 unspecified atom stereocenters. The van der Waals surface area contributed by atoms with Crippen molar-refractivity contribution in [1.82, 2.24) is 9.88 Å². The molecule has 0 aliphatic carbocycles. The molecule has 6 nitrogen and oxygen atoms in total. The number of carboxylic acids is 1. The Bertz CT molecular complexity index is 1190. The molecular weight excluding hydrogens is 444 g/mol. The van der Waals surface area contributed by atoms with Gasteiger partial charge in [-0.05, 0) is 35.9 Å². The minimum atomic E-state index is -1.10. The SMILES string of the molecule is O=C(O)c1ccc(-c2ccc(/C=C3\SC(=S)N(Cc4cccnc4)C3=O)o2)cc1Cl. The molecule has 1 N–H and O–H groups in total. The summed E-state index contributed by atoms with van der Waals surface area (Å²) in [6.45, 7) is 0.355. The number of hydrogen-bond acceptors (Lipinski definition) is 6. The van der Waals surface area contributed by atoms with Gasteiger partial charge in [-0.2, -0.15) is 0 Å². The second-order valence-corrected chi connectivity index (χ2v) is 8.41. The summed E-state index contributed by atoms with van der Waals surface area (Å²) >= 11 is 12.6. The van der Waals surface area contributed by atoms with Crippen LogP contribution in [0.4, 0.5) is 0 Å². The van der Waals surface area contributed by atoms with Crippen molar-refractivity contribution in [2.75, 3.05) is 0 Å². The van der Waals surface area contributed by atoms with Crippen molar-refractivity contribution in [1.29, 1.82) is 0 Å². The number of benzene rings is 1. The van der Waals surface area contributed by atoms with Gasteiger partial charge >= 0.3 is 5.97 Å². The molecule has 0 spiro atoms. The Balaban J connectivity index is 1.54. The number of halogens is 1. The second-order valence-electron chi connectivity index (χ2n) is 6.33. The van der Waals surface area contributed by atoms with Crippen molar-refractivity contribution < 1.29 is 19.1 Å². The Morgan fingerprint density at radius 2 is 2.13 bits per heavy atom. The molecule has 30 heavy (non-hydrogen) atoms. The summed E-state index contributed by atoms with van der Waals surface area (Å²) in [5, 5.41) is 9.20. The molecule has 0 bridgehead atoms. The smallest absolute Gasteiger partial charge is 0.337 e. The van der Waals surface area contributed by atoms with E-state index in [2.05, 4.69) is 4.98 Å². The first kappa shape index (κ1) is 20.3. The molecule has 0 atom stereocenters. The first-order valence-corrected chi connectivity index (χ1v) is 10.3. The van der Waals surface area contributed by atoms with Crippen molar-refractivity contribution in [3.05, 3.63) is 81.7 Å². The normalized spacial score (nSPS) is 15.2. The molecule has 1 amide bonds. The molecule has 0 radical (unpaired) electrons. The molecule has 3 heterocycles. The van der Waals surface area contributed by atoms with Gasteiger partial charge in [0.15, 0.2) is 0 Å². The van der Waals surface area contributed by atoms with Gasteiger partial charge in [0, 0.05) is 24.0 Å². The molecule has 150 valence electrons. The van der Waals surface area contributed by atoms with Crippen LogP contribution in [0.15, 0.2) is 64.2 Å². The van der Waals surface area contributed by atoms with Gasteiger partial charge < -0.3 is 9.52 Å². The number of hydrogen-bond donors (Lipinski definition) is 1. The number of carboxylic acid groups (broad SMARTS) is 1. The fourth-order valence-electron chi connectivity index (χ4n) is 2.87. The lowest BCUT2D eigenvalue weighted by Crippen LogP contribution is -2.27. The Morgan fingerprint density at radius 3 is 2.83 bits per heavy atom. The number of furan rings is 1. The van der Waals surface area contributed by atoms with Crippen LogP contribution in [0.2, 0.25) is 5.02 Å². The van der Waals surface area contributed by atoms with Gasteiger partial charge in [0.1, 0.15) is 15.8 Å². The maximum Gasteiger partial charge on any atom is 0.337 e. The number of aromatic carboxylic acids is 1. The van der Waals surface area contributed by atoms with Crippen LogP contribution in [0.5, 0.6) is 0 Å². The fourth-order valence-corrected chi connectivity index (χ4v) is 4.36. The minimum Gasteiger partial charge on any atom is -0.478 e. The zero-order valence-electron chi connectivity index (χ0n) is 15.2. The summed E-state index contributed by atoms with van der Waals surface area (Å²) < 4.78 is 6.27. The Hall–Kier alpha value is -2.94. The van der Waals surface area contributed by atoms with Crippen molar-refractivity contribution in [3.8, 4) is 11.3 Å². The zero-order chi connectivity index (χ0) is 21.3. The second kappa shape index (κ2) is 8.43. The fraction of sp³-hybridized carbons (Fsp3) is 0.0476. The summed E-state index contributed by atoms with van der Waals surface area (Å²) in [6.07, 6.45) is 5.01. The highest BCUT2D eigenvalue weighted by Gasteiger charge is 2.32. The summed E-state index contributed by atoms with van der Waals surface area (Å²) in [7, 11) is 0. The van der Waals surface area contributed by atoms with Gasteiger partial charge in [-0.3, -0.25) is 14.7 Å². The van der Waals surface area contributed by atoms with Crippen LogP contribution in [0.3, 0.4) is 0 Å². The molecule has 1 aliphatic rings. The number of carbonyl (C=O) groups excluding carboxylic acids is 1. The third-order valence-corrected chi connectivity index (χ3v) is 6.01. The Morgan fingerprint density at radius 1 is 1.30 bits per heavy atom. The van der Waals surface area contributed by atoms with Crippen molar-refractivity contribution in [3.63, 3.8) is 0 Å². The molecule has 1 fully saturated rings. The standard InChI is InChI=1S/C21H13ClN2O4S2/c22-16-8-13(3-5-15(16)20(26)27)17-6-4-14(28-17)9-18-19(25)24(21(29)30-18)11-12-2-1-7-23-10-12/h1-10H,11H2,(H,26,27)/b18-9-. The molecule has 1 aromatic carbocycles. The highest BCUT2D eigenvalue weighted by Crippen LogP contribution is 2.35. The molecule has 1 saturated heterocycles. The van der Waals surface area contributed by atoms with E-state index >= 15 is 0 Å². The third-order valence-electron chi connectivity index (χ3n) is 4.32. The van der Waals surface area contributed by atoms with Gasteiger partial charge in [0.25, 0.3) is 5.91 Å². The average Bonchev–Trinajstić information content (AvgIpc) is 3.29. The van der Waals surface area contributed by atoms with Gasteiger partial charge in [0.05, 0.1) is 22.0 Å². The predicted molar refractivity (Wildman–Crippen MR) is 119 cm³/mol. The lowest BCUT2D eigenvalue weighted by atomic mass is 10.1. The van der Waals surface area contributed by atoms with Crippen LogP contribution < -0.4 is 0 Å². The molecule has 0 saturated carbocycles. The van der Waals surface area contributed by atoms with Crippen molar-refractivity contribution in [2.45, 2.75) is 6.54 Å². The number of pyridine rings is 1. The monoisotopic (exact) mass is 456 g/mol. The van der Waals surface area contributed by atoms with Crippen LogP contribution in [-0.2, 0) is 11.3 Å². The molecule has 2 aromatic heterocycles. The zero-order valence-corrected chi connectivity index (χ0v) is 17.6. The Kier molecular flexibility index (Phi) is 5.72. The number of aromatic nitrogens is 1. The molecule has 1 aliphatic heterocycles.